The van der Waals surface area contributed by atoms with Gasteiger partial charge in [0.25, 0.3) is 10.0 Å². The Balaban J connectivity index is 2.01. The minimum absolute atomic E-state index is 0.0538. The van der Waals surface area contributed by atoms with Crippen molar-refractivity contribution < 1.29 is 8.42 Å². The molecule has 1 fully saturated rings. The molecule has 1 heterocycles. The van der Waals surface area contributed by atoms with Gasteiger partial charge in [-0.2, -0.15) is 0 Å². The molecule has 0 radical (unpaired) electrons. The molecule has 3 N–H and O–H groups in total. The number of sulfonamides is 1. The molecule has 6 heteroatoms. The van der Waals surface area contributed by atoms with Crippen molar-refractivity contribution in [2.24, 2.45) is 17.1 Å². The normalized spacial score (nSPS) is 21.8. The van der Waals surface area contributed by atoms with Gasteiger partial charge in [-0.25, -0.2) is 18.1 Å². The van der Waals surface area contributed by atoms with Crippen molar-refractivity contribution in [1.29, 1.82) is 0 Å². The average Bonchev–Trinajstić information content (AvgIpc) is 2.95. The number of nitrogens with one attached hydrogen (secondary N) is 1. The van der Waals surface area contributed by atoms with E-state index in [-0.39, 0.29) is 10.4 Å². The van der Waals surface area contributed by atoms with Gasteiger partial charge in [0.05, 0.1) is 0 Å². The van der Waals surface area contributed by atoms with Crippen molar-refractivity contribution in [1.82, 2.24) is 9.71 Å². The fourth-order valence-corrected chi connectivity index (χ4v) is 2.91. The number of hydrogen-bond acceptors (Lipinski definition) is 4. The van der Waals surface area contributed by atoms with Crippen LogP contribution in [0.15, 0.2) is 23.4 Å². The van der Waals surface area contributed by atoms with Crippen LogP contribution < -0.4 is 10.5 Å². The molecule has 2 rings (SSSR count). The fourth-order valence-electron chi connectivity index (χ4n) is 1.90. The zero-order chi connectivity index (χ0) is 13.4. The molecule has 1 atom stereocenters. The first kappa shape index (κ1) is 13.5. The van der Waals surface area contributed by atoms with Crippen molar-refractivity contribution in [2.45, 2.75) is 31.8 Å². The first-order chi connectivity index (χ1) is 8.35. The van der Waals surface area contributed by atoms with Gasteiger partial charge in [-0.15, -0.1) is 0 Å². The Labute approximate surface area is 108 Å². The lowest BCUT2D eigenvalue weighted by molar-refractivity contribution is 0.536. The van der Waals surface area contributed by atoms with Crippen molar-refractivity contribution in [3.05, 3.63) is 23.9 Å². The largest absolute Gasteiger partial charge is 0.326 e. The van der Waals surface area contributed by atoms with Crippen molar-refractivity contribution in [3.63, 3.8) is 0 Å². The third kappa shape index (κ3) is 2.88. The van der Waals surface area contributed by atoms with Gasteiger partial charge >= 0.3 is 0 Å². The molecule has 0 aliphatic heterocycles. The second kappa shape index (κ2) is 4.60. The maximum atomic E-state index is 12.0. The van der Waals surface area contributed by atoms with E-state index in [0.717, 1.165) is 12.0 Å². The van der Waals surface area contributed by atoms with Crippen LogP contribution in [0.3, 0.4) is 0 Å². The summed E-state index contributed by atoms with van der Waals surface area (Å²) < 4.78 is 26.5. The van der Waals surface area contributed by atoms with E-state index in [0.29, 0.717) is 19.0 Å². The molecule has 1 aliphatic rings. The molecule has 0 bridgehead atoms. The van der Waals surface area contributed by atoms with Gasteiger partial charge in [0.15, 0.2) is 5.03 Å². The zero-order valence-corrected chi connectivity index (χ0v) is 11.5. The van der Waals surface area contributed by atoms with E-state index in [1.807, 2.05) is 0 Å². The summed E-state index contributed by atoms with van der Waals surface area (Å²) in [5, 5.41) is 0.0538. The number of hydrogen-bond donors (Lipinski definition) is 2. The Hall–Kier alpha value is -0.980. The van der Waals surface area contributed by atoms with Crippen molar-refractivity contribution in [2.75, 3.05) is 6.54 Å². The maximum Gasteiger partial charge on any atom is 0.258 e. The predicted octanol–water partition coefficient (Wildman–Crippen LogP) is 0.865. The van der Waals surface area contributed by atoms with Gasteiger partial charge in [-0.1, -0.05) is 19.9 Å². The van der Waals surface area contributed by atoms with Crippen LogP contribution in [-0.4, -0.2) is 19.9 Å². The molecule has 1 aromatic heterocycles. The van der Waals surface area contributed by atoms with Crippen LogP contribution in [0.1, 0.15) is 25.8 Å². The summed E-state index contributed by atoms with van der Waals surface area (Å²) in [5.41, 5.74) is 6.52. The first-order valence-electron chi connectivity index (χ1n) is 6.00. The lowest BCUT2D eigenvalue weighted by Crippen LogP contribution is -2.27. The maximum absolute atomic E-state index is 12.0. The molecule has 5 nitrogen and oxygen atoms in total. The SMILES string of the molecule is CC1(C)CC1CNS(=O)(=O)c1ccc(CN)cn1. The highest BCUT2D eigenvalue weighted by molar-refractivity contribution is 7.89. The second-order valence-corrected chi connectivity index (χ2v) is 7.16. The summed E-state index contributed by atoms with van der Waals surface area (Å²) in [6, 6.07) is 3.17. The molecule has 0 amide bonds. The highest BCUT2D eigenvalue weighted by Gasteiger charge is 2.45. The van der Waals surface area contributed by atoms with Gasteiger partial charge in [0.2, 0.25) is 0 Å². The third-order valence-electron chi connectivity index (χ3n) is 3.55. The molecule has 1 aliphatic carbocycles. The summed E-state index contributed by atoms with van der Waals surface area (Å²) in [5.74, 6) is 0.426. The van der Waals surface area contributed by atoms with Crippen LogP contribution in [0.25, 0.3) is 0 Å². The molecule has 100 valence electrons. The zero-order valence-electron chi connectivity index (χ0n) is 10.7. The summed E-state index contributed by atoms with van der Waals surface area (Å²) in [7, 11) is -3.49. The smallest absolute Gasteiger partial charge is 0.258 e. The first-order valence-corrected chi connectivity index (χ1v) is 7.48. The summed E-state index contributed by atoms with van der Waals surface area (Å²) in [4.78, 5) is 3.93. The quantitative estimate of drug-likeness (QED) is 0.830. The van der Waals surface area contributed by atoms with Gasteiger partial charge in [0, 0.05) is 19.3 Å². The Bertz CT molecular complexity index is 523. The molecular formula is C12H19N3O2S. The van der Waals surface area contributed by atoms with E-state index in [4.69, 9.17) is 5.73 Å². The summed E-state index contributed by atoms with van der Waals surface area (Å²) in [6.07, 6.45) is 2.56. The molecule has 0 spiro atoms. The highest BCUT2D eigenvalue weighted by Crippen LogP contribution is 2.51. The lowest BCUT2D eigenvalue weighted by atomic mass is 10.1. The third-order valence-corrected chi connectivity index (χ3v) is 4.88. The topological polar surface area (TPSA) is 85.1 Å². The Morgan fingerprint density at radius 1 is 1.50 bits per heavy atom. The summed E-state index contributed by atoms with van der Waals surface area (Å²) in [6.45, 7) is 5.12. The Morgan fingerprint density at radius 3 is 2.61 bits per heavy atom. The number of rotatable bonds is 5. The Kier molecular flexibility index (Phi) is 3.44. The minimum Gasteiger partial charge on any atom is -0.326 e. The number of nitrogens with zero attached hydrogens (tertiary/aromatic N) is 1. The predicted molar refractivity (Wildman–Crippen MR) is 69.2 cm³/mol. The van der Waals surface area contributed by atoms with Crippen molar-refractivity contribution in [3.8, 4) is 0 Å². The van der Waals surface area contributed by atoms with Gasteiger partial charge in [-0.05, 0) is 29.4 Å². The fraction of sp³-hybridized carbons (Fsp3) is 0.583. The summed E-state index contributed by atoms with van der Waals surface area (Å²) >= 11 is 0. The van der Waals surface area contributed by atoms with Crippen molar-refractivity contribution >= 4 is 10.0 Å². The van der Waals surface area contributed by atoms with Gasteiger partial charge in [0.1, 0.15) is 0 Å². The highest BCUT2D eigenvalue weighted by atomic mass is 32.2. The van der Waals surface area contributed by atoms with E-state index in [9.17, 15) is 8.42 Å². The van der Waals surface area contributed by atoms with Gasteiger partial charge < -0.3 is 5.73 Å². The molecule has 0 aromatic carbocycles. The van der Waals surface area contributed by atoms with Crippen LogP contribution in [0.5, 0.6) is 0 Å². The molecule has 1 aromatic rings. The number of pyridine rings is 1. The molecule has 0 saturated heterocycles. The van der Waals surface area contributed by atoms with Crippen LogP contribution in [0, 0.1) is 11.3 Å². The van der Waals surface area contributed by atoms with E-state index in [2.05, 4.69) is 23.6 Å². The van der Waals surface area contributed by atoms with E-state index < -0.39 is 10.0 Å². The van der Waals surface area contributed by atoms with E-state index in [1.54, 1.807) is 6.07 Å². The van der Waals surface area contributed by atoms with E-state index >= 15 is 0 Å². The standard InChI is InChI=1S/C12H19N3O2S/c1-12(2)5-10(12)8-15-18(16,17)11-4-3-9(6-13)7-14-11/h3-4,7,10,15H,5-6,8,13H2,1-2H3. The molecule has 1 saturated carbocycles. The minimum atomic E-state index is -3.49. The Morgan fingerprint density at radius 2 is 2.17 bits per heavy atom. The van der Waals surface area contributed by atoms with Crippen LogP contribution in [0.4, 0.5) is 0 Å². The molecule has 18 heavy (non-hydrogen) atoms. The molecule has 1 unspecified atom stereocenters. The monoisotopic (exact) mass is 269 g/mol. The van der Waals surface area contributed by atoms with Crippen LogP contribution in [0.2, 0.25) is 0 Å². The average molecular weight is 269 g/mol. The number of aromatic nitrogens is 1. The second-order valence-electron chi connectivity index (χ2n) is 5.45. The molecular weight excluding hydrogens is 250 g/mol. The number of nitrogens with two attached hydrogens (primary N) is 1. The van der Waals surface area contributed by atoms with E-state index in [1.165, 1.54) is 12.3 Å². The lowest BCUT2D eigenvalue weighted by Gasteiger charge is -2.07. The van der Waals surface area contributed by atoms with Crippen LogP contribution >= 0.6 is 0 Å². The van der Waals surface area contributed by atoms with Crippen LogP contribution in [-0.2, 0) is 16.6 Å². The van der Waals surface area contributed by atoms with Gasteiger partial charge in [-0.3, -0.25) is 0 Å².